The molecule has 0 radical (unpaired) electrons. The zero-order valence-corrected chi connectivity index (χ0v) is 15.3. The third-order valence-electron chi connectivity index (χ3n) is 4.39. The maximum Gasteiger partial charge on any atom is 0.264 e. The molecule has 0 amide bonds. The van der Waals surface area contributed by atoms with E-state index in [4.69, 9.17) is 15.2 Å². The lowest BCUT2D eigenvalue weighted by molar-refractivity contribution is 0.353. The van der Waals surface area contributed by atoms with Gasteiger partial charge in [-0.3, -0.25) is 4.31 Å². The van der Waals surface area contributed by atoms with E-state index in [1.807, 2.05) is 24.3 Å². The maximum atomic E-state index is 13.4. The van der Waals surface area contributed by atoms with Crippen LogP contribution in [0.15, 0.2) is 41.3 Å². The lowest BCUT2D eigenvalue weighted by Gasteiger charge is -2.34. The minimum atomic E-state index is -3.78. The van der Waals surface area contributed by atoms with E-state index in [0.29, 0.717) is 29.2 Å². The van der Waals surface area contributed by atoms with Crippen molar-refractivity contribution in [3.8, 4) is 11.5 Å². The minimum absolute atomic E-state index is 0.189. The molecular formula is C18H22N2O4S. The molecule has 2 N–H and O–H groups in total. The zero-order valence-electron chi connectivity index (χ0n) is 14.5. The van der Waals surface area contributed by atoms with Gasteiger partial charge in [-0.05, 0) is 36.6 Å². The summed E-state index contributed by atoms with van der Waals surface area (Å²) in [6.07, 6.45) is 0.660. The molecule has 2 aromatic rings. The Morgan fingerprint density at radius 1 is 1.12 bits per heavy atom. The number of sulfonamides is 1. The Balaban J connectivity index is 2.15. The van der Waals surface area contributed by atoms with Crippen LogP contribution in [0.5, 0.6) is 11.5 Å². The van der Waals surface area contributed by atoms with E-state index in [0.717, 1.165) is 5.56 Å². The molecule has 0 aliphatic carbocycles. The van der Waals surface area contributed by atoms with Crippen LogP contribution < -0.4 is 19.5 Å². The molecule has 25 heavy (non-hydrogen) atoms. The van der Waals surface area contributed by atoms with Crippen molar-refractivity contribution in [2.75, 3.05) is 25.1 Å². The van der Waals surface area contributed by atoms with Gasteiger partial charge in [0.15, 0.2) is 11.5 Å². The van der Waals surface area contributed by atoms with Gasteiger partial charge >= 0.3 is 0 Å². The van der Waals surface area contributed by atoms with Crippen LogP contribution in [0.4, 0.5) is 5.69 Å². The van der Waals surface area contributed by atoms with Gasteiger partial charge in [0.2, 0.25) is 0 Å². The molecule has 134 valence electrons. The van der Waals surface area contributed by atoms with Crippen molar-refractivity contribution < 1.29 is 17.9 Å². The number of nitrogens with two attached hydrogens (primary N) is 1. The number of hydrogen-bond acceptors (Lipinski definition) is 5. The van der Waals surface area contributed by atoms with Gasteiger partial charge in [0.1, 0.15) is 0 Å². The van der Waals surface area contributed by atoms with E-state index in [9.17, 15) is 8.42 Å². The van der Waals surface area contributed by atoms with Gasteiger partial charge in [0, 0.05) is 18.7 Å². The van der Waals surface area contributed by atoms with Crippen LogP contribution in [0.3, 0.4) is 0 Å². The van der Waals surface area contributed by atoms with Gasteiger partial charge in [0.05, 0.1) is 24.8 Å². The first-order valence-electron chi connectivity index (χ1n) is 7.97. The number of rotatable bonds is 4. The van der Waals surface area contributed by atoms with E-state index >= 15 is 0 Å². The second kappa shape index (κ2) is 6.57. The lowest BCUT2D eigenvalue weighted by Crippen LogP contribution is -2.46. The second-order valence-electron chi connectivity index (χ2n) is 6.10. The fraction of sp³-hybridized carbons (Fsp3) is 0.333. The molecule has 1 aliphatic heterocycles. The zero-order chi connectivity index (χ0) is 18.2. The summed E-state index contributed by atoms with van der Waals surface area (Å²) >= 11 is 0. The van der Waals surface area contributed by atoms with E-state index in [2.05, 4.69) is 0 Å². The Hall–Kier alpha value is -2.25. The van der Waals surface area contributed by atoms with Crippen molar-refractivity contribution in [1.82, 2.24) is 0 Å². The van der Waals surface area contributed by atoms with E-state index in [1.54, 1.807) is 13.0 Å². The second-order valence-corrected chi connectivity index (χ2v) is 7.93. The Morgan fingerprint density at radius 2 is 1.76 bits per heavy atom. The Morgan fingerprint density at radius 3 is 2.44 bits per heavy atom. The normalized spacial score (nSPS) is 17.1. The van der Waals surface area contributed by atoms with Crippen LogP contribution in [-0.4, -0.2) is 35.2 Å². The van der Waals surface area contributed by atoms with Gasteiger partial charge in [-0.2, -0.15) is 0 Å². The predicted octanol–water partition coefficient (Wildman–Crippen LogP) is 2.09. The molecule has 0 saturated heterocycles. The fourth-order valence-electron chi connectivity index (χ4n) is 3.17. The molecule has 0 fully saturated rings. The van der Waals surface area contributed by atoms with Crippen LogP contribution in [0, 0.1) is 6.92 Å². The van der Waals surface area contributed by atoms with Crippen LogP contribution >= 0.6 is 0 Å². The summed E-state index contributed by atoms with van der Waals surface area (Å²) in [4.78, 5) is 0.189. The van der Waals surface area contributed by atoms with Gasteiger partial charge in [0.25, 0.3) is 10.0 Å². The molecule has 1 atom stereocenters. The molecule has 0 spiro atoms. The summed E-state index contributed by atoms with van der Waals surface area (Å²) in [7, 11) is -0.778. The molecule has 2 aromatic carbocycles. The van der Waals surface area contributed by atoms with Gasteiger partial charge in [-0.15, -0.1) is 0 Å². The van der Waals surface area contributed by atoms with Gasteiger partial charge in [-0.1, -0.05) is 18.2 Å². The smallest absolute Gasteiger partial charge is 0.264 e. The molecule has 1 aliphatic rings. The largest absolute Gasteiger partial charge is 0.493 e. The van der Waals surface area contributed by atoms with Crippen molar-refractivity contribution in [3.63, 3.8) is 0 Å². The molecule has 3 rings (SSSR count). The Labute approximate surface area is 148 Å². The fourth-order valence-corrected chi connectivity index (χ4v) is 4.96. The van der Waals surface area contributed by atoms with Crippen molar-refractivity contribution in [3.05, 3.63) is 47.5 Å². The molecular weight excluding hydrogens is 340 g/mol. The Bertz CT molecular complexity index is 896. The summed E-state index contributed by atoms with van der Waals surface area (Å²) < 4.78 is 38.6. The molecule has 1 heterocycles. The number of para-hydroxylation sites is 1. The molecule has 0 aromatic heterocycles. The first-order chi connectivity index (χ1) is 11.9. The standard InChI is InChI=1S/C18H22N2O4S/c1-12-8-16(23-2)17(24-3)10-18(12)25(21,22)20-11-14(19)9-13-6-4-5-7-15(13)20/h4-8,10,14H,9,11,19H2,1-3H3. The van der Waals surface area contributed by atoms with Crippen LogP contribution in [0.1, 0.15) is 11.1 Å². The molecule has 6 nitrogen and oxygen atoms in total. The van der Waals surface area contributed by atoms with Crippen LogP contribution in [-0.2, 0) is 16.4 Å². The molecule has 0 bridgehead atoms. The number of methoxy groups -OCH3 is 2. The highest BCUT2D eigenvalue weighted by molar-refractivity contribution is 7.92. The van der Waals surface area contributed by atoms with Crippen molar-refractivity contribution in [2.45, 2.75) is 24.3 Å². The summed E-state index contributed by atoms with van der Waals surface area (Å²) in [5, 5.41) is 0. The van der Waals surface area contributed by atoms with Gasteiger partial charge in [-0.25, -0.2) is 8.42 Å². The van der Waals surface area contributed by atoms with E-state index in [-0.39, 0.29) is 17.5 Å². The first-order valence-corrected chi connectivity index (χ1v) is 9.41. The molecule has 0 saturated carbocycles. The summed E-state index contributed by atoms with van der Waals surface area (Å²) in [6.45, 7) is 1.98. The number of hydrogen-bond donors (Lipinski definition) is 1. The summed E-state index contributed by atoms with van der Waals surface area (Å²) in [5.74, 6) is 0.871. The summed E-state index contributed by atoms with van der Waals surface area (Å²) in [5.41, 5.74) is 8.31. The average Bonchev–Trinajstić information content (AvgIpc) is 2.60. The lowest BCUT2D eigenvalue weighted by atomic mass is 10.0. The monoisotopic (exact) mass is 362 g/mol. The van der Waals surface area contributed by atoms with Gasteiger partial charge < -0.3 is 15.2 Å². The van der Waals surface area contributed by atoms with Crippen molar-refractivity contribution in [2.24, 2.45) is 5.73 Å². The Kier molecular flexibility index (Phi) is 4.62. The van der Waals surface area contributed by atoms with Crippen LogP contribution in [0.25, 0.3) is 0 Å². The highest BCUT2D eigenvalue weighted by Gasteiger charge is 2.33. The predicted molar refractivity (Wildman–Crippen MR) is 96.9 cm³/mol. The topological polar surface area (TPSA) is 81.9 Å². The van der Waals surface area contributed by atoms with E-state index in [1.165, 1.54) is 24.6 Å². The minimum Gasteiger partial charge on any atom is -0.493 e. The highest BCUT2D eigenvalue weighted by atomic mass is 32.2. The molecule has 7 heteroatoms. The number of aryl methyl sites for hydroxylation is 1. The maximum absolute atomic E-state index is 13.4. The number of fused-ring (bicyclic) bond motifs is 1. The van der Waals surface area contributed by atoms with Crippen molar-refractivity contribution in [1.29, 1.82) is 0 Å². The summed E-state index contributed by atoms with van der Waals surface area (Å²) in [6, 6.07) is 10.4. The molecule has 1 unspecified atom stereocenters. The number of anilines is 1. The quantitative estimate of drug-likeness (QED) is 0.901. The third kappa shape index (κ3) is 3.05. The van der Waals surface area contributed by atoms with Crippen LogP contribution in [0.2, 0.25) is 0 Å². The highest BCUT2D eigenvalue weighted by Crippen LogP contribution is 2.37. The average molecular weight is 362 g/mol. The first kappa shape index (κ1) is 17.6. The van der Waals surface area contributed by atoms with Crippen molar-refractivity contribution >= 4 is 15.7 Å². The SMILES string of the molecule is COc1cc(C)c(S(=O)(=O)N2CC(N)Cc3ccccc32)cc1OC. The number of nitrogens with zero attached hydrogens (tertiary/aromatic N) is 1. The number of benzene rings is 2. The number of ether oxygens (including phenoxy) is 2. The van der Waals surface area contributed by atoms with E-state index < -0.39 is 10.0 Å². The third-order valence-corrected chi connectivity index (χ3v) is 6.31.